The van der Waals surface area contributed by atoms with Crippen molar-refractivity contribution in [2.24, 2.45) is 0 Å². The zero-order chi connectivity index (χ0) is 13.4. The van der Waals surface area contributed by atoms with E-state index in [4.69, 9.17) is 4.84 Å². The topological polar surface area (TPSA) is 92.7 Å². The third-order valence-electron chi connectivity index (χ3n) is 1.03. The quantitative estimate of drug-likeness (QED) is 0.216. The van der Waals surface area contributed by atoms with Crippen molar-refractivity contribution in [1.82, 2.24) is 0 Å². The Kier molecular flexibility index (Phi) is 8.21. The van der Waals surface area contributed by atoms with Crippen LogP contribution < -0.4 is 0 Å². The van der Waals surface area contributed by atoms with Crippen molar-refractivity contribution in [3.8, 4) is 0 Å². The van der Waals surface area contributed by atoms with Crippen molar-refractivity contribution in [2.45, 2.75) is 0 Å². The molecule has 0 aliphatic carbocycles. The number of nitrogens with zero attached hydrogens (tertiary/aromatic N) is 1. The lowest BCUT2D eigenvalue weighted by molar-refractivity contribution is -1.06. The van der Waals surface area contributed by atoms with E-state index in [1.165, 1.54) is 6.08 Å². The minimum absolute atomic E-state index is 0.0898. The predicted molar refractivity (Wildman–Crippen MR) is 55.9 cm³/mol. The molecule has 0 spiro atoms. The number of carbonyl (C=O) groups is 1. The molecule has 0 rings (SSSR count). The van der Waals surface area contributed by atoms with Crippen LogP contribution in [0.15, 0.2) is 12.7 Å². The maximum atomic E-state index is 10.6. The van der Waals surface area contributed by atoms with Crippen LogP contribution in [0.4, 0.5) is 0 Å². The highest BCUT2D eigenvalue weighted by Crippen LogP contribution is 1.91. The van der Waals surface area contributed by atoms with E-state index in [0.29, 0.717) is 4.65 Å². The Morgan fingerprint density at radius 2 is 1.81 bits per heavy atom. The Hall–Kier alpha value is -0.800. The largest absolute Gasteiger partial charge is 0.726 e. The van der Waals surface area contributed by atoms with Crippen molar-refractivity contribution in [3.63, 3.8) is 0 Å². The zero-order valence-corrected chi connectivity index (χ0v) is 10.6. The van der Waals surface area contributed by atoms with Gasteiger partial charge in [0.15, 0.2) is 12.4 Å². The van der Waals surface area contributed by atoms with Gasteiger partial charge in [0.2, 0.25) is 10.4 Å². The molecule has 16 heavy (non-hydrogen) atoms. The Bertz CT molecular complexity index is 316. The molecule has 8 heteroatoms. The summed E-state index contributed by atoms with van der Waals surface area (Å²) in [6, 6.07) is 0. The van der Waals surface area contributed by atoms with Gasteiger partial charge in [0.1, 0.15) is 0 Å². The molecule has 0 heterocycles. The van der Waals surface area contributed by atoms with Gasteiger partial charge in [0.05, 0.1) is 28.3 Å². The maximum Gasteiger partial charge on any atom is 0.217 e. The highest BCUT2D eigenvalue weighted by atomic mass is 32.3. The molecule has 0 fully saturated rings. The summed E-state index contributed by atoms with van der Waals surface area (Å²) in [6.45, 7) is 3.43. The number of carbonyl (C=O) groups excluding carboxylic acids is 1. The highest BCUT2D eigenvalue weighted by molar-refractivity contribution is 7.80. The van der Waals surface area contributed by atoms with E-state index in [-0.39, 0.29) is 12.4 Å². The standard InChI is InChI=1S/C7H14NO2.CH4O4S/c1-5-7(9)6-10-8(2,3)4;1-5-6(2,3)4/h5H,1,6H2,2-4H3;1H3,(H,2,3,4)/q+1;/p-1. The fraction of sp³-hybridized carbons (Fsp3) is 0.625. The van der Waals surface area contributed by atoms with E-state index in [1.54, 1.807) is 0 Å². The third-order valence-corrected chi connectivity index (χ3v) is 1.43. The number of ketones is 1. The summed E-state index contributed by atoms with van der Waals surface area (Å²) in [4.78, 5) is 15.7. The normalized spacial score (nSPS) is 11.3. The molecule has 0 unspecified atom stereocenters. The van der Waals surface area contributed by atoms with Crippen molar-refractivity contribution in [2.75, 3.05) is 34.9 Å². The molecule has 0 aromatic carbocycles. The summed E-state index contributed by atoms with van der Waals surface area (Å²) in [5.74, 6) is -0.0898. The number of quaternary nitrogens is 1. The first-order valence-corrected chi connectivity index (χ1v) is 5.48. The number of hydrogen-bond acceptors (Lipinski definition) is 6. The van der Waals surface area contributed by atoms with Crippen LogP contribution in [-0.2, 0) is 24.2 Å². The lowest BCUT2D eigenvalue weighted by atomic mass is 10.4. The van der Waals surface area contributed by atoms with Gasteiger partial charge in [-0.25, -0.2) is 8.42 Å². The van der Waals surface area contributed by atoms with E-state index in [1.807, 2.05) is 21.1 Å². The summed E-state index contributed by atoms with van der Waals surface area (Å²) in [6.07, 6.45) is 1.26. The molecular formula is C8H17NO6S. The molecule has 0 aliphatic heterocycles. The fourth-order valence-electron chi connectivity index (χ4n) is 0.316. The van der Waals surface area contributed by atoms with E-state index < -0.39 is 10.4 Å². The molecule has 96 valence electrons. The summed E-state index contributed by atoms with van der Waals surface area (Å²) in [7, 11) is 1.93. The summed E-state index contributed by atoms with van der Waals surface area (Å²) in [5, 5.41) is 0. The second-order valence-corrected chi connectivity index (χ2v) is 4.56. The van der Waals surface area contributed by atoms with Crippen molar-refractivity contribution < 1.29 is 31.4 Å². The van der Waals surface area contributed by atoms with Gasteiger partial charge in [-0.3, -0.25) is 8.98 Å². The molecule has 0 aliphatic rings. The summed E-state index contributed by atoms with van der Waals surface area (Å²) in [5.41, 5.74) is 0. The molecule has 0 radical (unpaired) electrons. The van der Waals surface area contributed by atoms with Gasteiger partial charge in [-0.2, -0.15) is 9.48 Å². The second kappa shape index (κ2) is 7.47. The third kappa shape index (κ3) is 18.9. The zero-order valence-electron chi connectivity index (χ0n) is 9.80. The highest BCUT2D eigenvalue weighted by Gasteiger charge is 2.09. The monoisotopic (exact) mass is 255 g/mol. The van der Waals surface area contributed by atoms with Crippen LogP contribution in [0.1, 0.15) is 0 Å². The number of rotatable bonds is 5. The fourth-order valence-corrected chi connectivity index (χ4v) is 0.316. The number of hydroxylamine groups is 3. The van der Waals surface area contributed by atoms with Gasteiger partial charge in [-0.1, -0.05) is 6.58 Å². The molecule has 0 atom stereocenters. The van der Waals surface area contributed by atoms with E-state index in [9.17, 15) is 17.8 Å². The van der Waals surface area contributed by atoms with E-state index >= 15 is 0 Å². The lowest BCUT2D eigenvalue weighted by Gasteiger charge is -2.19. The minimum Gasteiger partial charge on any atom is -0.726 e. The Morgan fingerprint density at radius 3 is 2.00 bits per heavy atom. The molecule has 7 nitrogen and oxygen atoms in total. The van der Waals surface area contributed by atoms with Crippen molar-refractivity contribution >= 4 is 16.2 Å². The smallest absolute Gasteiger partial charge is 0.217 e. The Morgan fingerprint density at radius 1 is 1.44 bits per heavy atom. The lowest BCUT2D eigenvalue weighted by Crippen LogP contribution is -2.36. The molecule has 0 N–H and O–H groups in total. The van der Waals surface area contributed by atoms with Gasteiger partial charge < -0.3 is 4.55 Å². The molecule has 0 aromatic heterocycles. The van der Waals surface area contributed by atoms with Gasteiger partial charge in [0.25, 0.3) is 0 Å². The van der Waals surface area contributed by atoms with Crippen LogP contribution in [0.2, 0.25) is 0 Å². The SMILES string of the molecule is C=CC(=O)CO[N+](C)(C)C.COS(=O)(=O)[O-]. The van der Waals surface area contributed by atoms with Gasteiger partial charge >= 0.3 is 0 Å². The van der Waals surface area contributed by atoms with Gasteiger partial charge in [0, 0.05) is 0 Å². The Balaban J connectivity index is 0. The first-order chi connectivity index (χ1) is 7.02. The van der Waals surface area contributed by atoms with Crippen molar-refractivity contribution in [1.29, 1.82) is 0 Å². The maximum absolute atomic E-state index is 10.6. The van der Waals surface area contributed by atoms with Crippen LogP contribution in [0, 0.1) is 0 Å². The Labute approximate surface area is 95.8 Å². The van der Waals surface area contributed by atoms with Gasteiger partial charge in [-0.05, 0) is 6.08 Å². The van der Waals surface area contributed by atoms with E-state index in [2.05, 4.69) is 10.8 Å². The average molecular weight is 255 g/mol. The summed E-state index contributed by atoms with van der Waals surface area (Å²) >= 11 is 0. The molecule has 0 saturated carbocycles. The molecule has 0 bridgehead atoms. The van der Waals surface area contributed by atoms with Crippen molar-refractivity contribution in [3.05, 3.63) is 12.7 Å². The first-order valence-electron chi connectivity index (χ1n) is 4.14. The van der Waals surface area contributed by atoms with Crippen LogP contribution in [0.3, 0.4) is 0 Å². The number of hydrogen-bond donors (Lipinski definition) is 0. The second-order valence-electron chi connectivity index (χ2n) is 3.41. The molecule has 0 saturated heterocycles. The van der Waals surface area contributed by atoms with Crippen LogP contribution in [-0.4, -0.2) is 58.3 Å². The molecule has 0 aromatic rings. The van der Waals surface area contributed by atoms with Crippen LogP contribution >= 0.6 is 0 Å². The first kappa shape index (κ1) is 17.6. The van der Waals surface area contributed by atoms with Crippen LogP contribution in [0.5, 0.6) is 0 Å². The molecular weight excluding hydrogens is 238 g/mol. The minimum atomic E-state index is -4.41. The van der Waals surface area contributed by atoms with Gasteiger partial charge in [-0.15, -0.1) is 0 Å². The average Bonchev–Trinajstić information content (AvgIpc) is 2.13. The molecule has 0 amide bonds. The van der Waals surface area contributed by atoms with E-state index in [0.717, 1.165) is 7.11 Å². The van der Waals surface area contributed by atoms with Crippen LogP contribution in [0.25, 0.3) is 0 Å². The predicted octanol–water partition coefficient (Wildman–Crippen LogP) is -0.528. The summed E-state index contributed by atoms with van der Waals surface area (Å²) < 4.78 is 31.4.